The third kappa shape index (κ3) is 4030. The zero-order chi connectivity index (χ0) is 4.50. The Morgan fingerprint density at radius 1 is 0.900 bits per heavy atom. The molecule has 0 aliphatic heterocycles. The van der Waals surface area contributed by atoms with Gasteiger partial charge >= 0.3 is 10.4 Å². The Kier molecular flexibility index (Phi) is 77.5. The van der Waals surface area contributed by atoms with Crippen LogP contribution in [0.4, 0.5) is 0 Å². The van der Waals surface area contributed by atoms with Crippen LogP contribution in [0.5, 0.6) is 0 Å². The van der Waals surface area contributed by atoms with Crippen molar-refractivity contribution < 1.29 is 37.0 Å². The van der Waals surface area contributed by atoms with Crippen molar-refractivity contribution in [3.8, 4) is 0 Å². The first kappa shape index (κ1) is 47.9. The van der Waals surface area contributed by atoms with E-state index < -0.39 is 10.4 Å². The van der Waals surface area contributed by atoms with Crippen molar-refractivity contribution in [3.05, 3.63) is 0 Å². The van der Waals surface area contributed by atoms with Crippen molar-refractivity contribution in [3.63, 3.8) is 0 Å². The van der Waals surface area contributed by atoms with E-state index in [0.29, 0.717) is 0 Å². The molecule has 10 heavy (non-hydrogen) atoms. The summed E-state index contributed by atoms with van der Waals surface area (Å²) >= 11 is 0. The Bertz CT molecular complexity index is 100. The second kappa shape index (κ2) is 16.2. The minimum Gasteiger partial charge on any atom is -0.369 e. The van der Waals surface area contributed by atoms with Gasteiger partial charge in [0.05, 0.1) is 0 Å². The van der Waals surface area contributed by atoms with Gasteiger partial charge in [-0.15, -0.1) is 0 Å². The SMILES string of the molecule is N.N.O=S(=O)(O)O.[NH4+].[NH4+].[Zn]. The fourth-order valence-corrected chi connectivity index (χ4v) is 0. The molecule has 0 fully saturated rings. The van der Waals surface area contributed by atoms with E-state index in [1.54, 1.807) is 0 Å². The summed E-state index contributed by atoms with van der Waals surface area (Å²) in [5.74, 6) is 0. The molecule has 10 heteroatoms. The average Bonchev–Trinajstić information content (AvgIpc) is 0.722. The van der Waals surface area contributed by atoms with E-state index in [4.69, 9.17) is 17.5 Å². The minimum absolute atomic E-state index is 0. The van der Waals surface area contributed by atoms with Gasteiger partial charge in [0.2, 0.25) is 0 Å². The fourth-order valence-electron chi connectivity index (χ4n) is 0. The molecule has 0 atom stereocenters. The standard InChI is InChI=1S/4H3N.H2O4S.Zn/c;;;;1-5(2,3)4;/h4*1H3;(H2,1,2,3,4);/p+2. The molecule has 66 valence electrons. The summed E-state index contributed by atoms with van der Waals surface area (Å²) in [5.41, 5.74) is 0. The average molecular weight is 234 g/mol. The van der Waals surface area contributed by atoms with Crippen molar-refractivity contribution in [2.24, 2.45) is 0 Å². The smallest absolute Gasteiger partial charge is 0.369 e. The Morgan fingerprint density at radius 2 is 0.900 bits per heavy atom. The van der Waals surface area contributed by atoms with Gasteiger partial charge in [-0.2, -0.15) is 8.42 Å². The van der Waals surface area contributed by atoms with Gasteiger partial charge in [0, 0.05) is 19.5 Å². The quantitative estimate of drug-likeness (QED) is 0.257. The number of quaternary nitrogens is 2. The van der Waals surface area contributed by atoms with E-state index in [2.05, 4.69) is 0 Å². The third-order valence-corrected chi connectivity index (χ3v) is 0. The van der Waals surface area contributed by atoms with Crippen molar-refractivity contribution in [1.82, 2.24) is 24.6 Å². The first-order chi connectivity index (χ1) is 2.00. The van der Waals surface area contributed by atoms with Crippen LogP contribution in [0.2, 0.25) is 0 Å². The molecule has 0 spiro atoms. The summed E-state index contributed by atoms with van der Waals surface area (Å²) in [5, 5.41) is 0. The van der Waals surface area contributed by atoms with Crippen molar-refractivity contribution in [2.45, 2.75) is 0 Å². The van der Waals surface area contributed by atoms with Crippen LogP contribution >= 0.6 is 0 Å². The molecule has 0 aromatic carbocycles. The van der Waals surface area contributed by atoms with Crippen LogP contribution in [-0.4, -0.2) is 17.5 Å². The molecule has 0 saturated heterocycles. The maximum Gasteiger partial charge on any atom is 0.394 e. The van der Waals surface area contributed by atoms with Gasteiger partial charge in [-0.25, -0.2) is 0 Å². The Balaban J connectivity index is -0.00000000800. The van der Waals surface area contributed by atoms with Crippen molar-refractivity contribution >= 4 is 10.4 Å². The molecule has 0 radical (unpaired) electrons. The zero-order valence-corrected chi connectivity index (χ0v) is 10.0. The molecule has 0 saturated carbocycles. The van der Waals surface area contributed by atoms with Crippen LogP contribution in [0, 0.1) is 0 Å². The summed E-state index contributed by atoms with van der Waals surface area (Å²) in [4.78, 5) is 0. The van der Waals surface area contributed by atoms with Crippen molar-refractivity contribution in [2.75, 3.05) is 0 Å². The third-order valence-electron chi connectivity index (χ3n) is 0. The van der Waals surface area contributed by atoms with Crippen LogP contribution in [0.1, 0.15) is 0 Å². The minimum atomic E-state index is -4.67. The molecule has 0 aromatic heterocycles. The summed E-state index contributed by atoms with van der Waals surface area (Å²) in [6, 6.07) is 0. The maximum atomic E-state index is 8.74. The van der Waals surface area contributed by atoms with E-state index in [9.17, 15) is 0 Å². The normalized spacial score (nSPS) is 5.80. The fraction of sp³-hybridized carbons (Fsp3) is 0. The molecular weight excluding hydrogens is 217 g/mol. The van der Waals surface area contributed by atoms with E-state index in [0.717, 1.165) is 0 Å². The van der Waals surface area contributed by atoms with E-state index in [1.807, 2.05) is 0 Å². The number of hydrogen-bond acceptors (Lipinski definition) is 4. The van der Waals surface area contributed by atoms with Crippen LogP contribution in [-0.2, 0) is 29.9 Å². The molecule has 0 rings (SSSR count). The van der Waals surface area contributed by atoms with Crippen LogP contribution in [0.25, 0.3) is 0 Å². The second-order valence-corrected chi connectivity index (χ2v) is 1.34. The summed E-state index contributed by atoms with van der Waals surface area (Å²) in [7, 11) is -4.67. The second-order valence-electron chi connectivity index (χ2n) is 0.448. The predicted octanol–water partition coefficient (Wildman–Crippen LogP) is 0.421. The predicted molar refractivity (Wildman–Crippen MR) is 36.2 cm³/mol. The first-order valence-electron chi connectivity index (χ1n) is 0.698. The molecule has 0 aliphatic rings. The maximum absolute atomic E-state index is 8.74. The number of rotatable bonds is 0. The first-order valence-corrected chi connectivity index (χ1v) is 2.10. The molecule has 0 unspecified atom stereocenters. The molecule has 0 amide bonds. The molecule has 0 heterocycles. The van der Waals surface area contributed by atoms with Gasteiger partial charge in [-0.1, -0.05) is 0 Å². The molecular formula is H16N4O4SZn+2. The van der Waals surface area contributed by atoms with Crippen LogP contribution < -0.4 is 24.6 Å². The molecule has 0 aromatic rings. The summed E-state index contributed by atoms with van der Waals surface area (Å²) < 4.78 is 31.6. The van der Waals surface area contributed by atoms with Gasteiger partial charge in [0.25, 0.3) is 0 Å². The van der Waals surface area contributed by atoms with Crippen LogP contribution in [0.3, 0.4) is 0 Å². The topological polar surface area (TPSA) is 218 Å². The van der Waals surface area contributed by atoms with Gasteiger partial charge in [0.1, 0.15) is 0 Å². The Hall–Kier alpha value is 0.333. The number of hydrogen-bond donors (Lipinski definition) is 6. The largest absolute Gasteiger partial charge is 0.394 e. The molecule has 16 N–H and O–H groups in total. The van der Waals surface area contributed by atoms with Crippen molar-refractivity contribution in [1.29, 1.82) is 0 Å². The summed E-state index contributed by atoms with van der Waals surface area (Å²) in [6.07, 6.45) is 0. The van der Waals surface area contributed by atoms with Gasteiger partial charge in [0.15, 0.2) is 0 Å². The Labute approximate surface area is 72.4 Å². The summed E-state index contributed by atoms with van der Waals surface area (Å²) in [6.45, 7) is 0. The van der Waals surface area contributed by atoms with E-state index in [-0.39, 0.29) is 44.1 Å². The van der Waals surface area contributed by atoms with Gasteiger partial charge in [-0.3, -0.25) is 9.11 Å². The van der Waals surface area contributed by atoms with E-state index >= 15 is 0 Å². The molecule has 8 nitrogen and oxygen atoms in total. The Morgan fingerprint density at radius 3 is 0.900 bits per heavy atom. The molecule has 0 bridgehead atoms. The van der Waals surface area contributed by atoms with Gasteiger partial charge < -0.3 is 24.6 Å². The molecule has 0 aliphatic carbocycles. The van der Waals surface area contributed by atoms with Gasteiger partial charge in [-0.05, 0) is 0 Å². The van der Waals surface area contributed by atoms with Crippen LogP contribution in [0.15, 0.2) is 0 Å². The monoisotopic (exact) mass is 232 g/mol. The zero-order valence-electron chi connectivity index (χ0n) is 6.24. The van der Waals surface area contributed by atoms with E-state index in [1.165, 1.54) is 0 Å².